The molecule has 15 heteroatoms. The second-order valence-corrected chi connectivity index (χ2v) is 9.55. The van der Waals surface area contributed by atoms with Gasteiger partial charge in [0.15, 0.2) is 0 Å². The minimum absolute atomic E-state index is 0.0186. The van der Waals surface area contributed by atoms with E-state index in [2.05, 4.69) is 10.3 Å². The van der Waals surface area contributed by atoms with Crippen LogP contribution in [0.25, 0.3) is 0 Å². The lowest BCUT2D eigenvalue weighted by atomic mass is 10.1. The van der Waals surface area contributed by atoms with Crippen molar-refractivity contribution in [2.45, 2.75) is 17.5 Å². The standard InChI is InChI=1S/C21H13Cl2F3N4O5S/c22-12-3-10(8-27)4-13(6-12)35-19-18(21(24,25)26)11(9-29-20(19)32)5-17(31)30-16-2-1-14(7-15(16)23)36(28,33)34/h1-4,6-7,9H,5H2,(H,29,32)(H,30,31)(H2,28,33,34). The number of benzene rings is 2. The normalized spacial score (nSPS) is 11.6. The highest BCUT2D eigenvalue weighted by atomic mass is 35.5. The molecule has 4 N–H and O–H groups in total. The molecular formula is C21H13Cl2F3N4O5S. The number of ether oxygens (including phenoxy) is 1. The lowest BCUT2D eigenvalue weighted by molar-refractivity contribution is -0.139. The smallest absolute Gasteiger partial charge is 0.420 e. The molecule has 36 heavy (non-hydrogen) atoms. The number of nitrogens with two attached hydrogens (primary N) is 1. The van der Waals surface area contributed by atoms with E-state index in [1.807, 2.05) is 0 Å². The molecule has 0 unspecified atom stereocenters. The number of anilines is 1. The molecule has 0 fully saturated rings. The van der Waals surface area contributed by atoms with E-state index in [4.69, 9.17) is 38.3 Å². The summed E-state index contributed by atoms with van der Waals surface area (Å²) in [4.78, 5) is 26.5. The first-order chi connectivity index (χ1) is 16.7. The monoisotopic (exact) mass is 560 g/mol. The van der Waals surface area contributed by atoms with Crippen LogP contribution in [0.5, 0.6) is 11.5 Å². The summed E-state index contributed by atoms with van der Waals surface area (Å²) >= 11 is 11.8. The van der Waals surface area contributed by atoms with Gasteiger partial charge in [0.1, 0.15) is 11.3 Å². The fourth-order valence-corrected chi connectivity index (χ4v) is 4.10. The van der Waals surface area contributed by atoms with Gasteiger partial charge in [-0.1, -0.05) is 23.2 Å². The zero-order valence-corrected chi connectivity index (χ0v) is 19.9. The van der Waals surface area contributed by atoms with Crippen molar-refractivity contribution in [3.05, 3.63) is 79.7 Å². The van der Waals surface area contributed by atoms with Gasteiger partial charge in [-0.2, -0.15) is 18.4 Å². The minimum Gasteiger partial charge on any atom is -0.451 e. The summed E-state index contributed by atoms with van der Waals surface area (Å²) in [6.45, 7) is 0. The molecule has 0 bridgehead atoms. The van der Waals surface area contributed by atoms with Gasteiger partial charge in [-0.3, -0.25) is 9.59 Å². The Kier molecular flexibility index (Phi) is 7.65. The van der Waals surface area contributed by atoms with Gasteiger partial charge >= 0.3 is 6.18 Å². The Morgan fingerprint density at radius 1 is 1.19 bits per heavy atom. The maximum atomic E-state index is 14.0. The quantitative estimate of drug-likeness (QED) is 0.410. The van der Waals surface area contributed by atoms with Crippen LogP contribution < -0.4 is 20.8 Å². The highest BCUT2D eigenvalue weighted by molar-refractivity contribution is 7.89. The average molecular weight is 561 g/mol. The third-order valence-corrected chi connectivity index (χ3v) is 5.97. The summed E-state index contributed by atoms with van der Waals surface area (Å²) in [5.41, 5.74) is -3.52. The Bertz CT molecular complexity index is 1570. The molecule has 1 amide bonds. The second-order valence-electron chi connectivity index (χ2n) is 7.15. The Morgan fingerprint density at radius 3 is 2.47 bits per heavy atom. The fraction of sp³-hybridized carbons (Fsp3) is 0.0952. The minimum atomic E-state index is -5.12. The number of H-pyrrole nitrogens is 1. The lowest BCUT2D eigenvalue weighted by Crippen LogP contribution is -2.23. The number of nitriles is 1. The van der Waals surface area contributed by atoms with Crippen LogP contribution in [0.4, 0.5) is 18.9 Å². The number of carbonyl (C=O) groups excluding carboxylic acids is 1. The van der Waals surface area contributed by atoms with Crippen LogP contribution in [0.2, 0.25) is 10.0 Å². The number of pyridine rings is 1. The first-order valence-corrected chi connectivity index (χ1v) is 11.8. The number of hydrogen-bond donors (Lipinski definition) is 3. The number of alkyl halides is 3. The van der Waals surface area contributed by atoms with Crippen LogP contribution in [0, 0.1) is 11.3 Å². The molecule has 1 aromatic heterocycles. The van der Waals surface area contributed by atoms with Crippen molar-refractivity contribution in [3.8, 4) is 17.6 Å². The molecular weight excluding hydrogens is 548 g/mol. The van der Waals surface area contributed by atoms with Gasteiger partial charge in [0.25, 0.3) is 5.56 Å². The Labute approximate surface area is 211 Å². The molecule has 0 atom stereocenters. The first kappa shape index (κ1) is 27.0. The molecule has 3 rings (SSSR count). The van der Waals surface area contributed by atoms with Crippen molar-refractivity contribution in [2.24, 2.45) is 5.14 Å². The predicted molar refractivity (Wildman–Crippen MR) is 123 cm³/mol. The van der Waals surface area contributed by atoms with Crippen molar-refractivity contribution in [1.29, 1.82) is 5.26 Å². The number of amides is 1. The maximum absolute atomic E-state index is 14.0. The Hall–Kier alpha value is -3.57. The van der Waals surface area contributed by atoms with Gasteiger partial charge in [-0.05, 0) is 42.0 Å². The zero-order valence-electron chi connectivity index (χ0n) is 17.6. The summed E-state index contributed by atoms with van der Waals surface area (Å²) in [7, 11) is -4.08. The van der Waals surface area contributed by atoms with Gasteiger partial charge in [0, 0.05) is 11.2 Å². The van der Waals surface area contributed by atoms with E-state index in [0.717, 1.165) is 30.3 Å². The number of primary sulfonamides is 1. The van der Waals surface area contributed by atoms with E-state index >= 15 is 0 Å². The molecule has 0 saturated heterocycles. The highest BCUT2D eigenvalue weighted by Gasteiger charge is 2.39. The van der Waals surface area contributed by atoms with Gasteiger partial charge in [0.2, 0.25) is 21.7 Å². The van der Waals surface area contributed by atoms with E-state index in [-0.39, 0.29) is 31.9 Å². The van der Waals surface area contributed by atoms with Crippen LogP contribution >= 0.6 is 23.2 Å². The molecule has 9 nitrogen and oxygen atoms in total. The van der Waals surface area contributed by atoms with E-state index in [1.165, 1.54) is 6.07 Å². The SMILES string of the molecule is N#Cc1cc(Cl)cc(Oc2c(C(F)(F)F)c(CC(=O)Nc3ccc(S(N)(=O)=O)cc3Cl)c[nH]c2=O)c1. The highest BCUT2D eigenvalue weighted by Crippen LogP contribution is 2.39. The summed E-state index contributed by atoms with van der Waals surface area (Å²) < 4.78 is 69.9. The third kappa shape index (κ3) is 6.35. The maximum Gasteiger partial charge on any atom is 0.420 e. The van der Waals surface area contributed by atoms with Gasteiger partial charge in [-0.25, -0.2) is 13.6 Å². The fourth-order valence-electron chi connectivity index (χ4n) is 3.04. The average Bonchev–Trinajstić information content (AvgIpc) is 2.75. The first-order valence-electron chi connectivity index (χ1n) is 9.51. The Morgan fingerprint density at radius 2 is 1.89 bits per heavy atom. The van der Waals surface area contributed by atoms with Crippen molar-refractivity contribution >= 4 is 44.8 Å². The summed E-state index contributed by atoms with van der Waals surface area (Å²) in [5, 5.41) is 16.0. The van der Waals surface area contributed by atoms with E-state index in [0.29, 0.717) is 6.20 Å². The largest absolute Gasteiger partial charge is 0.451 e. The van der Waals surface area contributed by atoms with E-state index < -0.39 is 51.0 Å². The Balaban J connectivity index is 1.97. The van der Waals surface area contributed by atoms with Crippen LogP contribution in [0.3, 0.4) is 0 Å². The summed E-state index contributed by atoms with van der Waals surface area (Å²) in [5.74, 6) is -2.44. The number of hydrogen-bond acceptors (Lipinski definition) is 6. The van der Waals surface area contributed by atoms with Crippen LogP contribution in [0.1, 0.15) is 16.7 Å². The molecule has 1 heterocycles. The molecule has 0 saturated carbocycles. The lowest BCUT2D eigenvalue weighted by Gasteiger charge is -2.17. The second kappa shape index (κ2) is 10.2. The number of carbonyl (C=O) groups is 1. The number of nitrogens with zero attached hydrogens (tertiary/aromatic N) is 1. The zero-order chi connectivity index (χ0) is 26.8. The predicted octanol–water partition coefficient (Wildman–Crippen LogP) is 4.19. The van der Waals surface area contributed by atoms with Crippen molar-refractivity contribution in [1.82, 2.24) is 4.98 Å². The third-order valence-electron chi connectivity index (χ3n) is 4.53. The molecule has 2 aromatic carbocycles. The summed E-state index contributed by atoms with van der Waals surface area (Å²) in [6.07, 6.45) is -5.29. The number of nitrogens with one attached hydrogen (secondary N) is 2. The van der Waals surface area contributed by atoms with Gasteiger partial charge < -0.3 is 15.0 Å². The molecule has 0 spiro atoms. The topological polar surface area (TPSA) is 155 Å². The van der Waals surface area contributed by atoms with Crippen LogP contribution in [-0.4, -0.2) is 19.3 Å². The van der Waals surface area contributed by atoms with Crippen LogP contribution in [-0.2, 0) is 27.4 Å². The van der Waals surface area contributed by atoms with Gasteiger partial charge in [0.05, 0.1) is 33.7 Å². The van der Waals surface area contributed by atoms with E-state index in [1.54, 1.807) is 6.07 Å². The van der Waals surface area contributed by atoms with Crippen molar-refractivity contribution in [3.63, 3.8) is 0 Å². The molecule has 0 aliphatic carbocycles. The van der Waals surface area contributed by atoms with Crippen LogP contribution in [0.15, 0.2) is 52.3 Å². The molecule has 188 valence electrons. The molecule has 3 aromatic rings. The van der Waals surface area contributed by atoms with E-state index in [9.17, 15) is 31.2 Å². The molecule has 0 radical (unpaired) electrons. The number of rotatable bonds is 6. The van der Waals surface area contributed by atoms with Crippen molar-refractivity contribution < 1.29 is 31.1 Å². The number of aromatic amines is 1. The summed E-state index contributed by atoms with van der Waals surface area (Å²) in [6, 6.07) is 8.30. The molecule has 0 aliphatic rings. The molecule has 0 aliphatic heterocycles. The van der Waals surface area contributed by atoms with Gasteiger partial charge in [-0.15, -0.1) is 0 Å². The number of aromatic nitrogens is 1. The number of halogens is 5. The van der Waals surface area contributed by atoms with Crippen molar-refractivity contribution in [2.75, 3.05) is 5.32 Å². The number of sulfonamides is 1.